The Morgan fingerprint density at radius 2 is 2.33 bits per heavy atom. The van der Waals surface area contributed by atoms with Gasteiger partial charge in [-0.1, -0.05) is 0 Å². The van der Waals surface area contributed by atoms with E-state index in [9.17, 15) is 4.79 Å². The first-order chi connectivity index (χ1) is 5.73. The van der Waals surface area contributed by atoms with Crippen LogP contribution in [0.5, 0.6) is 0 Å². The van der Waals surface area contributed by atoms with Crippen molar-refractivity contribution in [2.45, 2.75) is 25.7 Å². The van der Waals surface area contributed by atoms with E-state index in [1.807, 2.05) is 0 Å². The van der Waals surface area contributed by atoms with Gasteiger partial charge in [0, 0.05) is 13.0 Å². The first-order valence-electron chi connectivity index (χ1n) is 4.65. The molecule has 1 unspecified atom stereocenters. The van der Waals surface area contributed by atoms with E-state index in [1.165, 1.54) is 12.8 Å². The van der Waals surface area contributed by atoms with Gasteiger partial charge in [0.25, 0.3) is 0 Å². The van der Waals surface area contributed by atoms with Crippen molar-refractivity contribution in [2.24, 2.45) is 11.3 Å². The Balaban J connectivity index is 1.97. The lowest BCUT2D eigenvalue weighted by Gasteiger charge is -2.31. The van der Waals surface area contributed by atoms with E-state index in [2.05, 4.69) is 5.32 Å². The maximum absolute atomic E-state index is 10.6. The molecule has 1 atom stereocenters. The minimum atomic E-state index is -0.631. The second-order valence-corrected chi connectivity index (χ2v) is 4.12. The zero-order valence-corrected chi connectivity index (χ0v) is 7.18. The maximum Gasteiger partial charge on any atom is 0.303 e. The van der Waals surface area contributed by atoms with Gasteiger partial charge >= 0.3 is 5.97 Å². The average Bonchev–Trinajstić information content (AvgIpc) is 2.75. The maximum atomic E-state index is 10.6. The van der Waals surface area contributed by atoms with Crippen LogP contribution in [0.1, 0.15) is 25.7 Å². The van der Waals surface area contributed by atoms with Crippen molar-refractivity contribution in [3.05, 3.63) is 0 Å². The molecular formula is C9H15NO2. The highest BCUT2D eigenvalue weighted by Crippen LogP contribution is 2.55. The fourth-order valence-corrected chi connectivity index (χ4v) is 2.34. The summed E-state index contributed by atoms with van der Waals surface area (Å²) in [6, 6.07) is 0. The van der Waals surface area contributed by atoms with Crippen LogP contribution in [0.4, 0.5) is 0 Å². The van der Waals surface area contributed by atoms with E-state index in [1.54, 1.807) is 0 Å². The molecule has 12 heavy (non-hydrogen) atoms. The number of aliphatic carboxylic acids is 1. The molecule has 3 heteroatoms. The molecule has 0 radical (unpaired) electrons. The molecule has 0 aromatic rings. The second-order valence-electron chi connectivity index (χ2n) is 4.12. The van der Waals surface area contributed by atoms with Crippen LogP contribution in [0.3, 0.4) is 0 Å². The van der Waals surface area contributed by atoms with Crippen molar-refractivity contribution in [2.75, 3.05) is 13.1 Å². The monoisotopic (exact) mass is 169 g/mol. The van der Waals surface area contributed by atoms with Crippen LogP contribution in [-0.4, -0.2) is 24.2 Å². The molecule has 3 nitrogen and oxygen atoms in total. The molecule has 1 spiro atoms. The van der Waals surface area contributed by atoms with Crippen molar-refractivity contribution in [3.8, 4) is 0 Å². The molecule has 0 amide bonds. The number of carboxylic acids is 1. The fraction of sp³-hybridized carbons (Fsp3) is 0.889. The van der Waals surface area contributed by atoms with E-state index >= 15 is 0 Å². The Hall–Kier alpha value is -0.570. The molecule has 2 rings (SSSR count). The summed E-state index contributed by atoms with van der Waals surface area (Å²) in [5.74, 6) is -0.190. The highest BCUT2D eigenvalue weighted by Gasteiger charge is 2.50. The van der Waals surface area contributed by atoms with Crippen LogP contribution >= 0.6 is 0 Å². The molecule has 2 fully saturated rings. The van der Waals surface area contributed by atoms with Crippen LogP contribution < -0.4 is 5.32 Å². The zero-order chi connectivity index (χ0) is 8.60. The predicted molar refractivity (Wildman–Crippen MR) is 44.9 cm³/mol. The number of hydrogen-bond donors (Lipinski definition) is 2. The minimum Gasteiger partial charge on any atom is -0.481 e. The van der Waals surface area contributed by atoms with Gasteiger partial charge in [-0.2, -0.15) is 0 Å². The quantitative estimate of drug-likeness (QED) is 0.644. The Labute approximate surface area is 72.2 Å². The van der Waals surface area contributed by atoms with Crippen molar-refractivity contribution in [1.29, 1.82) is 0 Å². The molecule has 0 bridgehead atoms. The number of carbonyl (C=O) groups is 1. The van der Waals surface area contributed by atoms with Gasteiger partial charge in [0.15, 0.2) is 0 Å². The van der Waals surface area contributed by atoms with E-state index in [0.717, 1.165) is 19.5 Å². The second kappa shape index (κ2) is 2.73. The van der Waals surface area contributed by atoms with Gasteiger partial charge in [-0.05, 0) is 37.1 Å². The first kappa shape index (κ1) is 8.05. The molecule has 0 aromatic carbocycles. The lowest BCUT2D eigenvalue weighted by molar-refractivity contribution is -0.139. The van der Waals surface area contributed by atoms with Crippen LogP contribution in [0.25, 0.3) is 0 Å². The van der Waals surface area contributed by atoms with Gasteiger partial charge in [0.05, 0.1) is 0 Å². The molecule has 2 N–H and O–H groups in total. The van der Waals surface area contributed by atoms with Crippen molar-refractivity contribution >= 4 is 5.97 Å². The number of piperidine rings is 1. The molecule has 1 aliphatic heterocycles. The van der Waals surface area contributed by atoms with Crippen LogP contribution in [0.2, 0.25) is 0 Å². The third kappa shape index (κ3) is 1.33. The SMILES string of the molecule is O=C(O)CC1CCNCC12CC2. The molecule has 1 aliphatic carbocycles. The molecular weight excluding hydrogens is 154 g/mol. The Morgan fingerprint density at radius 1 is 1.58 bits per heavy atom. The largest absolute Gasteiger partial charge is 0.481 e. The standard InChI is InChI=1S/C9H15NO2/c11-8(12)5-7-1-4-10-6-9(7)2-3-9/h7,10H,1-6H2,(H,11,12). The van der Waals surface area contributed by atoms with Gasteiger partial charge in [-0.3, -0.25) is 4.79 Å². The summed E-state index contributed by atoms with van der Waals surface area (Å²) in [6.07, 6.45) is 3.89. The summed E-state index contributed by atoms with van der Waals surface area (Å²) in [7, 11) is 0. The lowest BCUT2D eigenvalue weighted by Crippen LogP contribution is -2.38. The van der Waals surface area contributed by atoms with Gasteiger partial charge in [-0.15, -0.1) is 0 Å². The highest BCUT2D eigenvalue weighted by atomic mass is 16.4. The normalized spacial score (nSPS) is 31.8. The van der Waals surface area contributed by atoms with Gasteiger partial charge in [0.2, 0.25) is 0 Å². The summed E-state index contributed by atoms with van der Waals surface area (Å²) in [4.78, 5) is 10.6. The minimum absolute atomic E-state index is 0.377. The highest BCUT2D eigenvalue weighted by molar-refractivity contribution is 5.67. The first-order valence-corrected chi connectivity index (χ1v) is 4.65. The lowest BCUT2D eigenvalue weighted by atomic mass is 9.81. The number of hydrogen-bond acceptors (Lipinski definition) is 2. The van der Waals surface area contributed by atoms with Crippen LogP contribution in [-0.2, 0) is 4.79 Å². The average molecular weight is 169 g/mol. The third-order valence-electron chi connectivity index (χ3n) is 3.33. The van der Waals surface area contributed by atoms with Crippen molar-refractivity contribution in [3.63, 3.8) is 0 Å². The number of carboxylic acid groups (broad SMARTS) is 1. The topological polar surface area (TPSA) is 49.3 Å². The number of rotatable bonds is 2. The Morgan fingerprint density at radius 3 is 2.92 bits per heavy atom. The number of nitrogens with one attached hydrogen (secondary N) is 1. The molecule has 2 aliphatic rings. The summed E-state index contributed by atoms with van der Waals surface area (Å²) in [6.45, 7) is 2.05. The van der Waals surface area contributed by atoms with E-state index in [4.69, 9.17) is 5.11 Å². The molecule has 1 saturated heterocycles. The predicted octanol–water partition coefficient (Wildman–Crippen LogP) is 0.851. The Kier molecular flexibility index (Phi) is 1.83. The van der Waals surface area contributed by atoms with E-state index in [0.29, 0.717) is 17.8 Å². The van der Waals surface area contributed by atoms with Crippen molar-refractivity contribution in [1.82, 2.24) is 5.32 Å². The zero-order valence-electron chi connectivity index (χ0n) is 7.18. The summed E-state index contributed by atoms with van der Waals surface area (Å²) in [5, 5.41) is 12.1. The summed E-state index contributed by atoms with van der Waals surface area (Å²) < 4.78 is 0. The van der Waals surface area contributed by atoms with Crippen LogP contribution in [0.15, 0.2) is 0 Å². The van der Waals surface area contributed by atoms with Crippen molar-refractivity contribution < 1.29 is 9.90 Å². The van der Waals surface area contributed by atoms with Gasteiger partial charge in [-0.25, -0.2) is 0 Å². The fourth-order valence-electron chi connectivity index (χ4n) is 2.34. The summed E-state index contributed by atoms with van der Waals surface area (Å²) >= 11 is 0. The molecule has 1 saturated carbocycles. The van der Waals surface area contributed by atoms with Gasteiger partial charge in [0.1, 0.15) is 0 Å². The molecule has 1 heterocycles. The van der Waals surface area contributed by atoms with E-state index in [-0.39, 0.29) is 0 Å². The molecule has 0 aromatic heterocycles. The third-order valence-corrected chi connectivity index (χ3v) is 3.33. The van der Waals surface area contributed by atoms with E-state index < -0.39 is 5.97 Å². The van der Waals surface area contributed by atoms with Crippen LogP contribution in [0, 0.1) is 11.3 Å². The smallest absolute Gasteiger partial charge is 0.303 e. The Bertz CT molecular complexity index is 199. The molecule has 68 valence electrons. The summed E-state index contributed by atoms with van der Waals surface area (Å²) in [5.41, 5.74) is 0.386. The van der Waals surface area contributed by atoms with Gasteiger partial charge < -0.3 is 10.4 Å².